The topological polar surface area (TPSA) is 86.0 Å². The van der Waals surface area contributed by atoms with E-state index in [2.05, 4.69) is 15.4 Å². The number of aliphatic imine (C=N–C) groups is 1. The number of hydrogen-bond donors (Lipinski definition) is 2. The van der Waals surface area contributed by atoms with Gasteiger partial charge in [0, 0.05) is 32.9 Å². The molecule has 1 saturated heterocycles. The zero-order valence-electron chi connectivity index (χ0n) is 14.4. The molecule has 0 aliphatic carbocycles. The van der Waals surface area contributed by atoms with Crippen molar-refractivity contribution >= 4 is 41.5 Å². The molecule has 0 spiro atoms. The number of aliphatic hydroxyl groups excluding tert-OH is 1. The fourth-order valence-electron chi connectivity index (χ4n) is 2.38. The Morgan fingerprint density at radius 1 is 1.46 bits per heavy atom. The molecule has 1 aromatic heterocycles. The number of aryl methyl sites for hydroxylation is 1. The predicted octanol–water partition coefficient (Wildman–Crippen LogP) is 0.575. The number of hydrogen-bond acceptors (Lipinski definition) is 4. The molecule has 0 radical (unpaired) electrons. The van der Waals surface area contributed by atoms with E-state index in [1.165, 1.54) is 0 Å². The molecule has 1 aliphatic heterocycles. The highest BCUT2D eigenvalue weighted by atomic mass is 127. The fraction of sp³-hybridized carbons (Fsp3) is 0.643. The van der Waals surface area contributed by atoms with Crippen LogP contribution in [-0.4, -0.2) is 76.7 Å². The van der Waals surface area contributed by atoms with E-state index >= 15 is 0 Å². The fourth-order valence-corrected chi connectivity index (χ4v) is 2.38. The molecule has 1 unspecified atom stereocenters. The van der Waals surface area contributed by atoms with Crippen molar-refractivity contribution in [1.29, 1.82) is 0 Å². The highest BCUT2D eigenvalue weighted by molar-refractivity contribution is 14.0. The predicted molar refractivity (Wildman–Crippen MR) is 101 cm³/mol. The first-order chi connectivity index (χ1) is 11.7. The summed E-state index contributed by atoms with van der Waals surface area (Å²) in [5.41, 5.74) is 0.668. The maximum atomic E-state index is 12.4. The maximum absolute atomic E-state index is 12.4. The Kier molecular flexibility index (Phi) is 8.12. The number of carbonyl (C=O) groups excluding carboxylic acids is 1. The van der Waals surface area contributed by atoms with Gasteiger partial charge in [-0.05, 0) is 6.92 Å². The van der Waals surface area contributed by atoms with Crippen LogP contribution >= 0.6 is 24.0 Å². The molecule has 1 aliphatic rings. The minimum absolute atomic E-state index is 0. The summed E-state index contributed by atoms with van der Waals surface area (Å²) in [5, 5.41) is 16.0. The third-order valence-electron chi connectivity index (χ3n) is 3.65. The van der Waals surface area contributed by atoms with Crippen LogP contribution in [-0.2, 0) is 11.8 Å². The van der Waals surface area contributed by atoms with Gasteiger partial charge in [-0.3, -0.25) is 14.5 Å². The molecule has 1 amide bonds. The molecule has 1 aromatic rings. The van der Waals surface area contributed by atoms with E-state index in [1.54, 1.807) is 40.8 Å². The van der Waals surface area contributed by atoms with Crippen molar-refractivity contribution in [2.45, 2.75) is 19.2 Å². The Morgan fingerprint density at radius 2 is 2.15 bits per heavy atom. The number of aliphatic hydroxyl groups is 1. The number of guanidine groups is 1. The van der Waals surface area contributed by atoms with Gasteiger partial charge in [0.1, 0.15) is 6.54 Å². The van der Waals surface area contributed by atoms with Crippen LogP contribution in [0.1, 0.15) is 6.92 Å². The minimum Gasteiger partial charge on any atom is -0.382 e. The number of alkyl halides is 3. The molecule has 148 valence electrons. The molecule has 0 saturated carbocycles. The normalized spacial score (nSPS) is 17.2. The summed E-state index contributed by atoms with van der Waals surface area (Å²) in [4.78, 5) is 19.3. The number of halogens is 4. The van der Waals surface area contributed by atoms with E-state index in [9.17, 15) is 18.0 Å². The summed E-state index contributed by atoms with van der Waals surface area (Å²) in [5.74, 6) is -0.0359. The number of nitrogens with one attached hydrogen (secondary N) is 1. The first-order valence-electron chi connectivity index (χ1n) is 7.79. The van der Waals surface area contributed by atoms with E-state index in [-0.39, 0.29) is 42.4 Å². The SMILES string of the molecule is CCNC(=NCC(O)C(F)(F)F)N1CCN(c2cnn(C)c2)C(=O)C1.I. The van der Waals surface area contributed by atoms with Gasteiger partial charge in [0.15, 0.2) is 12.1 Å². The highest BCUT2D eigenvalue weighted by Crippen LogP contribution is 2.20. The molecule has 1 atom stereocenters. The molecule has 2 N–H and O–H groups in total. The van der Waals surface area contributed by atoms with Gasteiger partial charge in [-0.25, -0.2) is 0 Å². The molecule has 26 heavy (non-hydrogen) atoms. The first-order valence-corrected chi connectivity index (χ1v) is 7.79. The average molecular weight is 490 g/mol. The lowest BCUT2D eigenvalue weighted by atomic mass is 10.3. The summed E-state index contributed by atoms with van der Waals surface area (Å²) >= 11 is 0. The number of nitrogens with zero attached hydrogens (tertiary/aromatic N) is 5. The number of anilines is 1. The van der Waals surface area contributed by atoms with E-state index in [1.807, 2.05) is 0 Å². The second kappa shape index (κ2) is 9.39. The van der Waals surface area contributed by atoms with Gasteiger partial charge in [0.2, 0.25) is 5.91 Å². The van der Waals surface area contributed by atoms with Gasteiger partial charge < -0.3 is 20.2 Å². The monoisotopic (exact) mass is 490 g/mol. The summed E-state index contributed by atoms with van der Waals surface area (Å²) in [7, 11) is 1.74. The van der Waals surface area contributed by atoms with Crippen molar-refractivity contribution < 1.29 is 23.1 Å². The van der Waals surface area contributed by atoms with Crippen molar-refractivity contribution in [2.24, 2.45) is 12.0 Å². The van der Waals surface area contributed by atoms with Crippen molar-refractivity contribution in [1.82, 2.24) is 20.0 Å². The van der Waals surface area contributed by atoms with Crippen molar-refractivity contribution in [3.05, 3.63) is 12.4 Å². The lowest BCUT2D eigenvalue weighted by Gasteiger charge is -2.35. The quantitative estimate of drug-likeness (QED) is 0.367. The molecule has 2 rings (SSSR count). The Morgan fingerprint density at radius 3 is 2.65 bits per heavy atom. The van der Waals surface area contributed by atoms with Crippen LogP contribution in [0.3, 0.4) is 0 Å². The molecule has 1 fully saturated rings. The number of aromatic nitrogens is 2. The number of carbonyl (C=O) groups is 1. The zero-order chi connectivity index (χ0) is 18.6. The van der Waals surface area contributed by atoms with Crippen LogP contribution in [0.5, 0.6) is 0 Å². The van der Waals surface area contributed by atoms with Crippen LogP contribution in [0.15, 0.2) is 17.4 Å². The van der Waals surface area contributed by atoms with Gasteiger partial charge in [0.05, 0.1) is 18.4 Å². The van der Waals surface area contributed by atoms with Crippen molar-refractivity contribution in [3.63, 3.8) is 0 Å². The molecule has 2 heterocycles. The minimum atomic E-state index is -4.73. The van der Waals surface area contributed by atoms with Gasteiger partial charge in [-0.15, -0.1) is 24.0 Å². The third kappa shape index (κ3) is 5.72. The van der Waals surface area contributed by atoms with Gasteiger partial charge in [0.25, 0.3) is 0 Å². The van der Waals surface area contributed by atoms with Crippen LogP contribution in [0.4, 0.5) is 18.9 Å². The molecule has 12 heteroatoms. The molecular weight excluding hydrogens is 468 g/mol. The van der Waals surface area contributed by atoms with Crippen LogP contribution in [0.25, 0.3) is 0 Å². The highest BCUT2D eigenvalue weighted by Gasteiger charge is 2.38. The third-order valence-corrected chi connectivity index (χ3v) is 3.65. The van der Waals surface area contributed by atoms with E-state index in [4.69, 9.17) is 5.11 Å². The first kappa shape index (κ1) is 22.5. The lowest BCUT2D eigenvalue weighted by molar-refractivity contribution is -0.199. The van der Waals surface area contributed by atoms with Crippen LogP contribution in [0, 0.1) is 0 Å². The molecule has 0 aromatic carbocycles. The van der Waals surface area contributed by atoms with Crippen LogP contribution in [0.2, 0.25) is 0 Å². The van der Waals surface area contributed by atoms with Crippen LogP contribution < -0.4 is 10.2 Å². The van der Waals surface area contributed by atoms with E-state index in [0.717, 1.165) is 0 Å². The Hall–Kier alpha value is -1.57. The largest absolute Gasteiger partial charge is 0.416 e. The second-order valence-corrected chi connectivity index (χ2v) is 5.59. The number of rotatable bonds is 4. The Bertz CT molecular complexity index is 636. The maximum Gasteiger partial charge on any atom is 0.416 e. The molecular formula is C14H22F3IN6O2. The van der Waals surface area contributed by atoms with Crippen molar-refractivity contribution in [2.75, 3.05) is 37.6 Å². The van der Waals surface area contributed by atoms with Crippen molar-refractivity contribution in [3.8, 4) is 0 Å². The average Bonchev–Trinajstić information content (AvgIpc) is 2.96. The molecule has 8 nitrogen and oxygen atoms in total. The van der Waals surface area contributed by atoms with Gasteiger partial charge >= 0.3 is 6.18 Å². The standard InChI is InChI=1S/C14H21F3N6O2.HI/c1-3-18-13(19-7-11(24)14(15,16)17)22-4-5-23(12(25)9-22)10-6-20-21(2)8-10;/h6,8,11,24H,3-5,7,9H2,1-2H3,(H,18,19);1H. The Balaban J connectivity index is 0.00000338. The smallest absolute Gasteiger partial charge is 0.382 e. The zero-order valence-corrected chi connectivity index (χ0v) is 16.7. The summed E-state index contributed by atoms with van der Waals surface area (Å²) in [6.45, 7) is 2.11. The van der Waals surface area contributed by atoms with Gasteiger partial charge in [-0.1, -0.05) is 0 Å². The van der Waals surface area contributed by atoms with Gasteiger partial charge in [-0.2, -0.15) is 18.3 Å². The summed E-state index contributed by atoms with van der Waals surface area (Å²) < 4.78 is 38.8. The molecule has 0 bridgehead atoms. The number of amides is 1. The summed E-state index contributed by atoms with van der Waals surface area (Å²) in [6.07, 6.45) is -3.97. The Labute approximate surface area is 166 Å². The van der Waals surface area contributed by atoms with E-state index < -0.39 is 18.8 Å². The summed E-state index contributed by atoms with van der Waals surface area (Å²) in [6, 6.07) is 0. The second-order valence-electron chi connectivity index (χ2n) is 5.59. The van der Waals surface area contributed by atoms with E-state index in [0.29, 0.717) is 25.3 Å². The number of piperazine rings is 1. The lowest BCUT2D eigenvalue weighted by Crippen LogP contribution is -2.55.